The third kappa shape index (κ3) is 2.73. The molecule has 0 heterocycles. The van der Waals surface area contributed by atoms with Gasteiger partial charge < -0.3 is 4.90 Å². The number of benzene rings is 1. The number of nitro benzene ring substituents is 2. The zero-order valence-electron chi connectivity index (χ0n) is 10.3. The van der Waals surface area contributed by atoms with Gasteiger partial charge in [-0.2, -0.15) is 0 Å². The van der Waals surface area contributed by atoms with Gasteiger partial charge in [-0.05, 0) is 19.4 Å². The quantitative estimate of drug-likeness (QED) is 0.574. The molecule has 1 aromatic carbocycles. The van der Waals surface area contributed by atoms with Crippen LogP contribution >= 0.6 is 0 Å². The van der Waals surface area contributed by atoms with Gasteiger partial charge in [0.2, 0.25) is 0 Å². The molecule has 98 valence electrons. The lowest BCUT2D eigenvalue weighted by atomic mass is 10.2. The largest absolute Gasteiger partial charge is 0.361 e. The molecule has 0 spiro atoms. The van der Waals surface area contributed by atoms with Crippen LogP contribution in [-0.2, 0) is 0 Å². The van der Waals surface area contributed by atoms with Crippen LogP contribution in [0.3, 0.4) is 0 Å². The molecule has 18 heavy (non-hydrogen) atoms. The van der Waals surface area contributed by atoms with Crippen molar-refractivity contribution in [2.75, 3.05) is 18.0 Å². The Morgan fingerprint density at radius 1 is 1.11 bits per heavy atom. The summed E-state index contributed by atoms with van der Waals surface area (Å²) in [6.45, 7) is 4.76. The van der Waals surface area contributed by atoms with Gasteiger partial charge in [0.25, 0.3) is 11.4 Å². The zero-order valence-corrected chi connectivity index (χ0v) is 10.3. The molecule has 0 aliphatic heterocycles. The van der Waals surface area contributed by atoms with Crippen molar-refractivity contribution < 1.29 is 9.85 Å². The summed E-state index contributed by atoms with van der Waals surface area (Å²) in [6, 6.07) is 3.92. The van der Waals surface area contributed by atoms with Crippen LogP contribution in [-0.4, -0.2) is 22.9 Å². The fraction of sp³-hybridized carbons (Fsp3) is 0.455. The van der Waals surface area contributed by atoms with Crippen molar-refractivity contribution in [3.63, 3.8) is 0 Å². The first-order valence-corrected chi connectivity index (χ1v) is 5.69. The molecule has 0 N–H and O–H groups in total. The summed E-state index contributed by atoms with van der Waals surface area (Å²) in [5.41, 5.74) is -0.351. The molecular formula is C11H15N3O4. The van der Waals surface area contributed by atoms with Gasteiger partial charge in [-0.1, -0.05) is 6.92 Å². The number of hydrogen-bond donors (Lipinski definition) is 0. The second-order valence-corrected chi connectivity index (χ2v) is 3.74. The number of para-hydroxylation sites is 1. The maximum atomic E-state index is 11.0. The van der Waals surface area contributed by atoms with Gasteiger partial charge >= 0.3 is 0 Å². The highest BCUT2D eigenvalue weighted by atomic mass is 16.6. The van der Waals surface area contributed by atoms with Crippen LogP contribution in [0.1, 0.15) is 20.3 Å². The van der Waals surface area contributed by atoms with E-state index >= 15 is 0 Å². The second kappa shape index (κ2) is 5.95. The van der Waals surface area contributed by atoms with Crippen LogP contribution < -0.4 is 4.90 Å². The molecular weight excluding hydrogens is 238 g/mol. The number of hydrogen-bond acceptors (Lipinski definition) is 5. The van der Waals surface area contributed by atoms with E-state index in [9.17, 15) is 20.2 Å². The summed E-state index contributed by atoms with van der Waals surface area (Å²) in [4.78, 5) is 22.5. The maximum absolute atomic E-state index is 11.0. The van der Waals surface area contributed by atoms with E-state index in [-0.39, 0.29) is 17.1 Å². The summed E-state index contributed by atoms with van der Waals surface area (Å²) in [7, 11) is 0. The van der Waals surface area contributed by atoms with Crippen LogP contribution in [0.15, 0.2) is 18.2 Å². The van der Waals surface area contributed by atoms with Gasteiger partial charge in [-0.3, -0.25) is 20.2 Å². The third-order valence-electron chi connectivity index (χ3n) is 2.58. The Labute approximate surface area is 104 Å². The number of nitro groups is 2. The summed E-state index contributed by atoms with van der Waals surface area (Å²) >= 11 is 0. The Hall–Kier alpha value is -2.18. The topological polar surface area (TPSA) is 89.5 Å². The predicted molar refractivity (Wildman–Crippen MR) is 67.9 cm³/mol. The van der Waals surface area contributed by atoms with Crippen molar-refractivity contribution in [3.8, 4) is 0 Å². The van der Waals surface area contributed by atoms with Crippen LogP contribution in [0, 0.1) is 20.2 Å². The van der Waals surface area contributed by atoms with E-state index in [0.717, 1.165) is 6.42 Å². The fourth-order valence-electron chi connectivity index (χ4n) is 1.84. The smallest absolute Gasteiger partial charge is 0.299 e. The molecule has 0 saturated carbocycles. The summed E-state index contributed by atoms with van der Waals surface area (Å²) in [6.07, 6.45) is 0.761. The van der Waals surface area contributed by atoms with Gasteiger partial charge in [-0.15, -0.1) is 0 Å². The Balaban J connectivity index is 3.42. The minimum absolute atomic E-state index is 0.0943. The van der Waals surface area contributed by atoms with E-state index in [1.807, 2.05) is 13.8 Å². The number of rotatable bonds is 6. The number of anilines is 1. The molecule has 0 bridgehead atoms. The van der Waals surface area contributed by atoms with Gasteiger partial charge in [-0.25, -0.2) is 0 Å². The van der Waals surface area contributed by atoms with Crippen LogP contribution in [0.4, 0.5) is 17.1 Å². The molecule has 0 radical (unpaired) electrons. The van der Waals surface area contributed by atoms with Crippen molar-refractivity contribution in [1.82, 2.24) is 0 Å². The lowest BCUT2D eigenvalue weighted by molar-refractivity contribution is -0.392. The molecule has 0 aliphatic carbocycles. The highest BCUT2D eigenvalue weighted by Crippen LogP contribution is 2.37. The SMILES string of the molecule is CCCN(CC)c1c([N+](=O)[O-])cccc1[N+](=O)[O-]. The van der Waals surface area contributed by atoms with Crippen molar-refractivity contribution in [2.45, 2.75) is 20.3 Å². The van der Waals surface area contributed by atoms with Crippen LogP contribution in [0.5, 0.6) is 0 Å². The van der Waals surface area contributed by atoms with E-state index in [1.165, 1.54) is 18.2 Å². The first-order chi connectivity index (χ1) is 8.52. The average Bonchev–Trinajstić information content (AvgIpc) is 2.34. The number of nitrogens with zero attached hydrogens (tertiary/aromatic N) is 3. The first kappa shape index (κ1) is 13.9. The van der Waals surface area contributed by atoms with Gasteiger partial charge in [0.05, 0.1) is 9.85 Å². The van der Waals surface area contributed by atoms with Crippen LogP contribution in [0.25, 0.3) is 0 Å². The Kier molecular flexibility index (Phi) is 4.59. The van der Waals surface area contributed by atoms with Crippen molar-refractivity contribution in [3.05, 3.63) is 38.4 Å². The minimum Gasteiger partial charge on any atom is -0.361 e. The van der Waals surface area contributed by atoms with Crippen molar-refractivity contribution in [1.29, 1.82) is 0 Å². The monoisotopic (exact) mass is 253 g/mol. The van der Waals surface area contributed by atoms with Gasteiger partial charge in [0, 0.05) is 25.2 Å². The first-order valence-electron chi connectivity index (χ1n) is 5.69. The summed E-state index contributed by atoms with van der Waals surface area (Å²) in [5.74, 6) is 0. The van der Waals surface area contributed by atoms with Crippen LogP contribution in [0.2, 0.25) is 0 Å². The third-order valence-corrected chi connectivity index (χ3v) is 2.58. The molecule has 0 aliphatic rings. The van der Waals surface area contributed by atoms with E-state index in [4.69, 9.17) is 0 Å². The molecule has 0 amide bonds. The maximum Gasteiger partial charge on any atom is 0.299 e. The zero-order chi connectivity index (χ0) is 13.7. The van der Waals surface area contributed by atoms with Gasteiger partial charge in [0.1, 0.15) is 0 Å². The molecule has 1 aromatic rings. The molecule has 0 saturated heterocycles. The predicted octanol–water partition coefficient (Wildman–Crippen LogP) is 2.74. The average molecular weight is 253 g/mol. The molecule has 0 fully saturated rings. The van der Waals surface area contributed by atoms with Crippen molar-refractivity contribution >= 4 is 17.1 Å². The lowest BCUT2D eigenvalue weighted by Crippen LogP contribution is -2.25. The molecule has 0 unspecified atom stereocenters. The summed E-state index contributed by atoms with van der Waals surface area (Å²) in [5, 5.41) is 22.0. The van der Waals surface area contributed by atoms with E-state index in [1.54, 1.807) is 4.90 Å². The second-order valence-electron chi connectivity index (χ2n) is 3.74. The lowest BCUT2D eigenvalue weighted by Gasteiger charge is -2.21. The minimum atomic E-state index is -0.583. The highest BCUT2D eigenvalue weighted by Gasteiger charge is 2.28. The molecule has 7 nitrogen and oxygen atoms in total. The summed E-state index contributed by atoms with van der Waals surface area (Å²) < 4.78 is 0. The molecule has 0 aromatic heterocycles. The Morgan fingerprint density at radius 3 is 1.94 bits per heavy atom. The normalized spacial score (nSPS) is 10.1. The van der Waals surface area contributed by atoms with Crippen molar-refractivity contribution in [2.24, 2.45) is 0 Å². The fourth-order valence-corrected chi connectivity index (χ4v) is 1.84. The van der Waals surface area contributed by atoms with Gasteiger partial charge in [0.15, 0.2) is 5.69 Å². The molecule has 0 atom stereocenters. The molecule has 7 heteroatoms. The van der Waals surface area contributed by atoms with E-state index in [0.29, 0.717) is 13.1 Å². The van der Waals surface area contributed by atoms with E-state index < -0.39 is 9.85 Å². The van der Waals surface area contributed by atoms with E-state index in [2.05, 4.69) is 0 Å². The standard InChI is InChI=1S/C11H15N3O4/c1-3-8-12(4-2)11-9(13(15)16)6-5-7-10(11)14(17)18/h5-7H,3-4,8H2,1-2H3. The molecule has 1 rings (SSSR count). The Morgan fingerprint density at radius 2 is 1.61 bits per heavy atom. The highest BCUT2D eigenvalue weighted by molar-refractivity contribution is 5.74. The Bertz CT molecular complexity index is 429.